The molecule has 0 radical (unpaired) electrons. The Morgan fingerprint density at radius 3 is 2.96 bits per heavy atom. The Kier molecular flexibility index (Phi) is 4.58. The Labute approximate surface area is 166 Å². The van der Waals surface area contributed by atoms with E-state index in [4.69, 9.17) is 11.6 Å². The Balaban J connectivity index is 1.87. The van der Waals surface area contributed by atoms with Crippen LogP contribution >= 0.6 is 23.1 Å². The van der Waals surface area contributed by atoms with Crippen LogP contribution in [-0.4, -0.2) is 48.1 Å². The smallest absolute Gasteiger partial charge is 0.258 e. The number of carbonyl (C=O) groups excluding carboxylic acids is 1. The van der Waals surface area contributed by atoms with Crippen LogP contribution in [0.5, 0.6) is 5.75 Å². The van der Waals surface area contributed by atoms with Crippen molar-refractivity contribution in [1.82, 2.24) is 19.2 Å². The third kappa shape index (κ3) is 2.98. The van der Waals surface area contributed by atoms with Crippen LogP contribution in [0.15, 0.2) is 18.3 Å². The molecule has 0 saturated carbocycles. The number of carbonyl (C=O) groups is 1. The topological polar surface area (TPSA) is 106 Å². The van der Waals surface area contributed by atoms with Crippen molar-refractivity contribution in [1.29, 1.82) is 0 Å². The monoisotopic (exact) mass is 423 g/mol. The number of aromatic nitrogens is 3. The number of rotatable bonds is 4. The molecule has 0 fully saturated rings. The molecule has 1 aliphatic heterocycles. The second kappa shape index (κ2) is 6.79. The highest BCUT2D eigenvalue weighted by atomic mass is 35.5. The second-order valence-corrected chi connectivity index (χ2v) is 8.73. The number of fused-ring (bicyclic) bond motifs is 2. The number of benzene rings is 1. The normalized spacial score (nSPS) is 14.7. The predicted molar refractivity (Wildman–Crippen MR) is 104 cm³/mol. The van der Waals surface area contributed by atoms with Gasteiger partial charge in [0.1, 0.15) is 11.8 Å². The highest BCUT2D eigenvalue weighted by molar-refractivity contribution is 7.92. The number of nitrogens with zero attached hydrogens (tertiary/aromatic N) is 5. The highest BCUT2D eigenvalue weighted by Gasteiger charge is 2.37. The molecule has 1 unspecified atom stereocenters. The van der Waals surface area contributed by atoms with Gasteiger partial charge in [-0.15, -0.1) is 0 Å². The highest BCUT2D eigenvalue weighted by Crippen LogP contribution is 2.44. The molecular formula is C16H14ClN5O3S2. The Morgan fingerprint density at radius 1 is 1.52 bits per heavy atom. The predicted octanol–water partition coefficient (Wildman–Crippen LogP) is 2.33. The SMILES string of the molecule is CN(c1c2c(c(O)c3ncccc13)C(=O)N(Cc1nsc(Cl)n1)C2)[S+](C)[O-]. The number of halogens is 1. The van der Waals surface area contributed by atoms with E-state index in [1.54, 1.807) is 35.9 Å². The lowest BCUT2D eigenvalue weighted by Gasteiger charge is -2.23. The molecule has 0 saturated heterocycles. The van der Waals surface area contributed by atoms with E-state index < -0.39 is 11.4 Å². The average Bonchev–Trinajstić information content (AvgIpc) is 3.19. The minimum atomic E-state index is -1.32. The minimum absolute atomic E-state index is 0.165. The van der Waals surface area contributed by atoms with Crippen LogP contribution in [0.3, 0.4) is 0 Å². The van der Waals surface area contributed by atoms with Crippen LogP contribution < -0.4 is 4.31 Å². The van der Waals surface area contributed by atoms with Crippen molar-refractivity contribution in [2.75, 3.05) is 17.6 Å². The summed E-state index contributed by atoms with van der Waals surface area (Å²) in [5.41, 5.74) is 1.70. The van der Waals surface area contributed by atoms with E-state index in [-0.39, 0.29) is 30.3 Å². The lowest BCUT2D eigenvalue weighted by atomic mass is 10.0. The van der Waals surface area contributed by atoms with E-state index >= 15 is 0 Å². The molecule has 1 atom stereocenters. The minimum Gasteiger partial charge on any atom is -0.593 e. The van der Waals surface area contributed by atoms with E-state index in [2.05, 4.69) is 14.3 Å². The van der Waals surface area contributed by atoms with Gasteiger partial charge >= 0.3 is 0 Å². The largest absolute Gasteiger partial charge is 0.593 e. The van der Waals surface area contributed by atoms with E-state index in [1.165, 1.54) is 4.90 Å². The molecule has 8 nitrogen and oxygen atoms in total. The number of hydrogen-bond acceptors (Lipinski definition) is 8. The zero-order valence-electron chi connectivity index (χ0n) is 14.3. The van der Waals surface area contributed by atoms with Gasteiger partial charge in [-0.2, -0.15) is 8.68 Å². The Hall–Kier alpha value is -2.14. The first-order valence-electron chi connectivity index (χ1n) is 7.85. The van der Waals surface area contributed by atoms with Gasteiger partial charge in [0.2, 0.25) is 4.47 Å². The molecule has 11 heteroatoms. The van der Waals surface area contributed by atoms with Crippen LogP contribution in [0, 0.1) is 0 Å². The quantitative estimate of drug-likeness (QED) is 0.642. The molecule has 4 rings (SSSR count). The number of pyridine rings is 1. The summed E-state index contributed by atoms with van der Waals surface area (Å²) in [6.45, 7) is 0.401. The molecule has 140 valence electrons. The molecule has 3 aromatic rings. The zero-order valence-corrected chi connectivity index (χ0v) is 16.7. The molecule has 3 heterocycles. The van der Waals surface area contributed by atoms with Gasteiger partial charge in [-0.05, 0) is 35.3 Å². The van der Waals surface area contributed by atoms with Crippen LogP contribution in [-0.2, 0) is 24.5 Å². The van der Waals surface area contributed by atoms with Gasteiger partial charge in [0.05, 0.1) is 36.2 Å². The van der Waals surface area contributed by atoms with E-state index in [0.29, 0.717) is 32.4 Å². The summed E-state index contributed by atoms with van der Waals surface area (Å²) >= 11 is 5.55. The number of aromatic hydroxyl groups is 1. The summed E-state index contributed by atoms with van der Waals surface area (Å²) in [6.07, 6.45) is 3.09. The van der Waals surface area contributed by atoms with Crippen molar-refractivity contribution in [2.45, 2.75) is 13.1 Å². The van der Waals surface area contributed by atoms with E-state index in [1.807, 2.05) is 0 Å². The van der Waals surface area contributed by atoms with Gasteiger partial charge in [-0.3, -0.25) is 9.78 Å². The molecule has 2 aromatic heterocycles. The molecule has 0 bridgehead atoms. The average molecular weight is 424 g/mol. The fourth-order valence-corrected chi connectivity index (χ4v) is 4.31. The van der Waals surface area contributed by atoms with Gasteiger partial charge in [-0.1, -0.05) is 0 Å². The van der Waals surface area contributed by atoms with E-state index in [9.17, 15) is 14.5 Å². The van der Waals surface area contributed by atoms with Gasteiger partial charge in [0.25, 0.3) is 5.91 Å². The first-order valence-corrected chi connectivity index (χ1v) is 10.5. The standard InChI is InChI=1S/C16H14ClN5O3S2/c1-21(27(2)25)13-8-4-3-5-18-12(8)14(23)11-9(13)6-22(15(11)24)7-10-19-16(17)26-20-10/h3-5,23H,6-7H2,1-2H3. The molecule has 1 N–H and O–H groups in total. The number of amides is 1. The molecule has 0 spiro atoms. The molecule has 1 aliphatic rings. The maximum Gasteiger partial charge on any atom is 0.258 e. The lowest BCUT2D eigenvalue weighted by molar-refractivity contribution is 0.0761. The number of phenols is 1. The van der Waals surface area contributed by atoms with Gasteiger partial charge < -0.3 is 14.6 Å². The van der Waals surface area contributed by atoms with Crippen molar-refractivity contribution in [2.24, 2.45) is 0 Å². The van der Waals surface area contributed by atoms with Crippen molar-refractivity contribution in [3.8, 4) is 5.75 Å². The van der Waals surface area contributed by atoms with E-state index in [0.717, 1.165) is 11.5 Å². The van der Waals surface area contributed by atoms with Crippen LogP contribution in [0.25, 0.3) is 10.9 Å². The summed E-state index contributed by atoms with van der Waals surface area (Å²) in [4.78, 5) is 22.8. The number of anilines is 1. The summed E-state index contributed by atoms with van der Waals surface area (Å²) in [7, 11) is 1.68. The van der Waals surface area contributed by atoms with Crippen molar-refractivity contribution >= 4 is 57.0 Å². The Morgan fingerprint density at radius 2 is 2.30 bits per heavy atom. The lowest BCUT2D eigenvalue weighted by Crippen LogP contribution is -2.26. The van der Waals surface area contributed by atoms with Crippen LogP contribution in [0.4, 0.5) is 5.69 Å². The maximum absolute atomic E-state index is 13.0. The fourth-order valence-electron chi connectivity index (χ4n) is 3.22. The van der Waals surface area contributed by atoms with Crippen LogP contribution in [0.1, 0.15) is 21.7 Å². The summed E-state index contributed by atoms with van der Waals surface area (Å²) in [5, 5.41) is 11.4. The summed E-state index contributed by atoms with van der Waals surface area (Å²) in [5.74, 6) is -0.0868. The van der Waals surface area contributed by atoms with Gasteiger partial charge in [0, 0.05) is 23.7 Å². The summed E-state index contributed by atoms with van der Waals surface area (Å²) < 4.78 is 18.1. The van der Waals surface area contributed by atoms with Gasteiger partial charge in [-0.25, -0.2) is 4.98 Å². The number of hydrogen-bond donors (Lipinski definition) is 1. The van der Waals surface area contributed by atoms with Crippen molar-refractivity contribution in [3.05, 3.63) is 39.7 Å². The number of phenolic OH excluding ortho intramolecular Hbond substituents is 1. The molecule has 27 heavy (non-hydrogen) atoms. The fraction of sp³-hybridized carbons (Fsp3) is 0.250. The molecule has 1 aromatic carbocycles. The first kappa shape index (κ1) is 18.2. The molecule has 1 amide bonds. The first-order chi connectivity index (χ1) is 12.9. The molecular weight excluding hydrogens is 410 g/mol. The summed E-state index contributed by atoms with van der Waals surface area (Å²) in [6, 6.07) is 3.52. The van der Waals surface area contributed by atoms with Crippen molar-refractivity contribution < 1.29 is 14.5 Å². The maximum atomic E-state index is 13.0. The van der Waals surface area contributed by atoms with Gasteiger partial charge in [0.15, 0.2) is 11.6 Å². The Bertz CT molecular complexity index is 1060. The third-order valence-electron chi connectivity index (χ3n) is 4.44. The zero-order chi connectivity index (χ0) is 19.3. The second-order valence-electron chi connectivity index (χ2n) is 6.00. The molecule has 0 aliphatic carbocycles. The third-order valence-corrected chi connectivity index (χ3v) is 6.23. The van der Waals surface area contributed by atoms with Crippen LogP contribution in [0.2, 0.25) is 4.47 Å². The van der Waals surface area contributed by atoms with Crippen molar-refractivity contribution in [3.63, 3.8) is 0 Å².